The van der Waals surface area contributed by atoms with Gasteiger partial charge >= 0.3 is 0 Å². The van der Waals surface area contributed by atoms with Crippen LogP contribution >= 0.6 is 0 Å². The maximum atomic E-state index is 4.30. The number of nitrogens with zero attached hydrogens (tertiary/aromatic N) is 1. The Bertz CT molecular complexity index is 623. The fourth-order valence-corrected chi connectivity index (χ4v) is 1.62. The molecule has 0 fully saturated rings. The van der Waals surface area contributed by atoms with Crippen LogP contribution in [-0.2, 0) is 0 Å². The summed E-state index contributed by atoms with van der Waals surface area (Å²) >= 11 is 0. The Balaban J connectivity index is 1.70. The largest absolute Gasteiger partial charge is 0.362 e. The Morgan fingerprint density at radius 2 is 1.29 bits per heavy atom. The lowest BCUT2D eigenvalue weighted by Gasteiger charge is -1.97. The Hall–Kier alpha value is -2.87. The van der Waals surface area contributed by atoms with Crippen molar-refractivity contribution < 1.29 is 0 Å². The van der Waals surface area contributed by atoms with Gasteiger partial charge in [0, 0.05) is 18.1 Å². The summed E-state index contributed by atoms with van der Waals surface area (Å²) < 4.78 is 0. The van der Waals surface area contributed by atoms with Gasteiger partial charge in [-0.05, 0) is 36.4 Å². The SMILES string of the molecule is C(=CC=CNc1ccccc1)C=CC=Nc1ccccc1. The highest BCUT2D eigenvalue weighted by atomic mass is 14.8. The van der Waals surface area contributed by atoms with Crippen LogP contribution in [0.15, 0.2) is 102 Å². The molecule has 0 saturated heterocycles. The van der Waals surface area contributed by atoms with Crippen molar-refractivity contribution in [2.75, 3.05) is 5.32 Å². The summed E-state index contributed by atoms with van der Waals surface area (Å²) in [5.74, 6) is 0. The number of nitrogens with one attached hydrogen (secondary N) is 1. The number of benzene rings is 2. The number of para-hydroxylation sites is 2. The maximum Gasteiger partial charge on any atom is 0.0629 e. The van der Waals surface area contributed by atoms with Gasteiger partial charge < -0.3 is 5.32 Å². The second-order valence-electron chi connectivity index (χ2n) is 4.25. The van der Waals surface area contributed by atoms with Crippen molar-refractivity contribution in [1.82, 2.24) is 0 Å². The molecule has 104 valence electrons. The highest BCUT2D eigenvalue weighted by Crippen LogP contribution is 2.08. The molecule has 0 amide bonds. The van der Waals surface area contributed by atoms with Crippen LogP contribution in [0.1, 0.15) is 0 Å². The quantitative estimate of drug-likeness (QED) is 0.573. The van der Waals surface area contributed by atoms with Crippen molar-refractivity contribution in [3.63, 3.8) is 0 Å². The molecule has 0 aromatic heterocycles. The van der Waals surface area contributed by atoms with Crippen LogP contribution in [0, 0.1) is 0 Å². The zero-order chi connectivity index (χ0) is 14.6. The number of rotatable bonds is 6. The topological polar surface area (TPSA) is 24.4 Å². The molecule has 0 atom stereocenters. The molecule has 0 aliphatic heterocycles. The molecule has 0 aliphatic carbocycles. The maximum absolute atomic E-state index is 4.30. The van der Waals surface area contributed by atoms with Gasteiger partial charge in [0.05, 0.1) is 5.69 Å². The first-order valence-electron chi connectivity index (χ1n) is 6.84. The summed E-state index contributed by atoms with van der Waals surface area (Å²) in [6.07, 6.45) is 13.4. The minimum atomic E-state index is 0.957. The molecule has 0 heterocycles. The lowest BCUT2D eigenvalue weighted by molar-refractivity contribution is 1.54. The van der Waals surface area contributed by atoms with Crippen molar-refractivity contribution in [2.45, 2.75) is 0 Å². The van der Waals surface area contributed by atoms with E-state index in [2.05, 4.69) is 10.3 Å². The van der Waals surface area contributed by atoms with Crippen molar-refractivity contribution >= 4 is 17.6 Å². The first-order chi connectivity index (χ1) is 10.4. The van der Waals surface area contributed by atoms with Crippen LogP contribution < -0.4 is 5.32 Å². The standard InChI is InChI=1S/C19H18N2/c1(2-10-16-20-18-12-6-4-7-13-18)3-11-17-21-19-14-8-5-9-15-19/h1-17,20H. The molecule has 0 spiro atoms. The van der Waals surface area contributed by atoms with Crippen LogP contribution in [0.5, 0.6) is 0 Å². The molecule has 0 radical (unpaired) electrons. The van der Waals surface area contributed by atoms with Crippen molar-refractivity contribution in [3.05, 3.63) is 97.2 Å². The second kappa shape index (κ2) is 9.10. The number of aliphatic imine (C=N–C) groups is 1. The van der Waals surface area contributed by atoms with E-state index in [1.54, 1.807) is 6.21 Å². The summed E-state index contributed by atoms with van der Waals surface area (Å²) in [6, 6.07) is 19.9. The summed E-state index contributed by atoms with van der Waals surface area (Å²) in [7, 11) is 0. The molecule has 2 nitrogen and oxygen atoms in total. The predicted molar refractivity (Wildman–Crippen MR) is 92.1 cm³/mol. The first-order valence-corrected chi connectivity index (χ1v) is 6.84. The number of hydrogen-bond acceptors (Lipinski definition) is 2. The van der Waals surface area contributed by atoms with Gasteiger partial charge in [-0.3, -0.25) is 4.99 Å². The van der Waals surface area contributed by atoms with Gasteiger partial charge in [-0.25, -0.2) is 0 Å². The molecule has 0 bridgehead atoms. The van der Waals surface area contributed by atoms with E-state index in [0.717, 1.165) is 11.4 Å². The smallest absolute Gasteiger partial charge is 0.0629 e. The Morgan fingerprint density at radius 1 is 0.667 bits per heavy atom. The van der Waals surface area contributed by atoms with E-state index in [-0.39, 0.29) is 0 Å². The minimum Gasteiger partial charge on any atom is -0.362 e. The summed E-state index contributed by atoms with van der Waals surface area (Å²) in [5, 5.41) is 3.19. The first kappa shape index (κ1) is 14.5. The molecule has 0 aliphatic rings. The zero-order valence-corrected chi connectivity index (χ0v) is 11.8. The van der Waals surface area contributed by atoms with E-state index < -0.39 is 0 Å². The number of hydrogen-bond donors (Lipinski definition) is 1. The monoisotopic (exact) mass is 274 g/mol. The van der Waals surface area contributed by atoms with Gasteiger partial charge in [-0.15, -0.1) is 0 Å². The van der Waals surface area contributed by atoms with Gasteiger partial charge in [0.2, 0.25) is 0 Å². The Morgan fingerprint density at radius 3 is 2.05 bits per heavy atom. The number of allylic oxidation sites excluding steroid dienone is 5. The molecular formula is C19H18N2. The third kappa shape index (κ3) is 6.21. The fraction of sp³-hybridized carbons (Fsp3) is 0. The minimum absolute atomic E-state index is 0.957. The number of anilines is 1. The van der Waals surface area contributed by atoms with Gasteiger partial charge in [-0.2, -0.15) is 0 Å². The van der Waals surface area contributed by atoms with E-state index in [1.807, 2.05) is 97.2 Å². The molecule has 21 heavy (non-hydrogen) atoms. The van der Waals surface area contributed by atoms with Crippen molar-refractivity contribution in [2.24, 2.45) is 4.99 Å². The van der Waals surface area contributed by atoms with Gasteiger partial charge in [0.15, 0.2) is 0 Å². The third-order valence-electron chi connectivity index (χ3n) is 2.63. The Labute approximate surface area is 125 Å². The summed E-state index contributed by atoms with van der Waals surface area (Å²) in [4.78, 5) is 4.30. The lowest BCUT2D eigenvalue weighted by Crippen LogP contribution is -1.84. The molecular weight excluding hydrogens is 256 g/mol. The lowest BCUT2D eigenvalue weighted by atomic mass is 10.3. The van der Waals surface area contributed by atoms with Gasteiger partial charge in [-0.1, -0.05) is 54.6 Å². The van der Waals surface area contributed by atoms with Crippen LogP contribution in [0.3, 0.4) is 0 Å². The molecule has 1 N–H and O–H groups in total. The zero-order valence-electron chi connectivity index (χ0n) is 11.8. The van der Waals surface area contributed by atoms with E-state index in [4.69, 9.17) is 0 Å². The molecule has 0 saturated carbocycles. The fourth-order valence-electron chi connectivity index (χ4n) is 1.62. The van der Waals surface area contributed by atoms with Crippen molar-refractivity contribution in [1.29, 1.82) is 0 Å². The average molecular weight is 274 g/mol. The molecule has 2 rings (SSSR count). The van der Waals surface area contributed by atoms with Gasteiger partial charge in [0.1, 0.15) is 0 Å². The normalized spacial score (nSPS) is 12.0. The highest BCUT2D eigenvalue weighted by Gasteiger charge is 1.81. The van der Waals surface area contributed by atoms with Crippen molar-refractivity contribution in [3.8, 4) is 0 Å². The van der Waals surface area contributed by atoms with E-state index in [0.29, 0.717) is 0 Å². The van der Waals surface area contributed by atoms with Crippen LogP contribution in [0.2, 0.25) is 0 Å². The average Bonchev–Trinajstić information content (AvgIpc) is 2.55. The molecule has 2 heteroatoms. The van der Waals surface area contributed by atoms with E-state index >= 15 is 0 Å². The van der Waals surface area contributed by atoms with Gasteiger partial charge in [0.25, 0.3) is 0 Å². The predicted octanol–water partition coefficient (Wildman–Crippen LogP) is 5.13. The van der Waals surface area contributed by atoms with E-state index in [9.17, 15) is 0 Å². The van der Waals surface area contributed by atoms with E-state index in [1.165, 1.54) is 0 Å². The van der Waals surface area contributed by atoms with Crippen LogP contribution in [0.25, 0.3) is 0 Å². The third-order valence-corrected chi connectivity index (χ3v) is 2.63. The second-order valence-corrected chi connectivity index (χ2v) is 4.25. The van der Waals surface area contributed by atoms with Crippen LogP contribution in [-0.4, -0.2) is 6.21 Å². The summed E-state index contributed by atoms with van der Waals surface area (Å²) in [6.45, 7) is 0. The van der Waals surface area contributed by atoms with Crippen LogP contribution in [0.4, 0.5) is 11.4 Å². The Kier molecular flexibility index (Phi) is 6.30. The summed E-state index contributed by atoms with van der Waals surface area (Å²) in [5.41, 5.74) is 2.03. The highest BCUT2D eigenvalue weighted by molar-refractivity contribution is 5.74. The molecule has 2 aromatic rings. The molecule has 2 aromatic carbocycles. The molecule has 0 unspecified atom stereocenters.